The van der Waals surface area contributed by atoms with E-state index in [9.17, 15) is 14.4 Å². The number of hydrogen-bond donors (Lipinski definition) is 1. The topological polar surface area (TPSA) is 73.0 Å². The lowest BCUT2D eigenvalue weighted by atomic mass is 10.1. The lowest BCUT2D eigenvalue weighted by Gasteiger charge is -2.36. The second kappa shape index (κ2) is 7.13. The van der Waals surface area contributed by atoms with Crippen LogP contribution in [0, 0.1) is 0 Å². The predicted octanol–water partition coefficient (Wildman–Crippen LogP) is 0.316. The largest absolute Gasteiger partial charge is 0.378 e. The molecule has 0 saturated carbocycles. The average Bonchev–Trinajstić information content (AvgIpc) is 3.07. The van der Waals surface area contributed by atoms with Crippen LogP contribution in [0.2, 0.25) is 0 Å². The first-order valence-corrected chi connectivity index (χ1v) is 8.60. The molecule has 0 bridgehead atoms. The third-order valence-corrected chi connectivity index (χ3v) is 4.78. The number of rotatable bonds is 3. The number of piperazine rings is 1. The Morgan fingerprint density at radius 2 is 1.80 bits per heavy atom. The van der Waals surface area contributed by atoms with Crippen LogP contribution in [0.3, 0.4) is 0 Å². The number of amides is 3. The number of carbonyl (C=O) groups is 3. The van der Waals surface area contributed by atoms with Gasteiger partial charge in [0.25, 0.3) is 5.91 Å². The first-order chi connectivity index (χ1) is 12.0. The number of benzene rings is 1. The highest BCUT2D eigenvalue weighted by Gasteiger charge is 2.33. The first kappa shape index (κ1) is 17.3. The molecule has 2 saturated heterocycles. The smallest absolute Gasteiger partial charge is 0.254 e. The van der Waals surface area contributed by atoms with Crippen LogP contribution in [0.25, 0.3) is 0 Å². The number of hydrogen-bond acceptors (Lipinski definition) is 4. The maximum absolute atomic E-state index is 12.7. The maximum Gasteiger partial charge on any atom is 0.254 e. The monoisotopic (exact) mass is 344 g/mol. The lowest BCUT2D eigenvalue weighted by molar-refractivity contribution is -0.135. The Morgan fingerprint density at radius 3 is 2.40 bits per heavy atom. The minimum atomic E-state index is -0.397. The van der Waals surface area contributed by atoms with E-state index in [0.29, 0.717) is 44.6 Å². The summed E-state index contributed by atoms with van der Waals surface area (Å²) in [6.45, 7) is 2.03. The Bertz CT molecular complexity index is 681. The van der Waals surface area contributed by atoms with Gasteiger partial charge in [-0.05, 0) is 24.6 Å². The second-order valence-electron chi connectivity index (χ2n) is 6.72. The first-order valence-electron chi connectivity index (χ1n) is 8.60. The van der Waals surface area contributed by atoms with Gasteiger partial charge in [-0.15, -0.1) is 0 Å². The van der Waals surface area contributed by atoms with Crippen LogP contribution in [-0.4, -0.2) is 73.8 Å². The summed E-state index contributed by atoms with van der Waals surface area (Å²) < 4.78 is 0. The fourth-order valence-electron chi connectivity index (χ4n) is 3.25. The summed E-state index contributed by atoms with van der Waals surface area (Å²) >= 11 is 0. The summed E-state index contributed by atoms with van der Waals surface area (Å²) in [5, 5.41) is 2.71. The van der Waals surface area contributed by atoms with E-state index in [1.165, 1.54) is 0 Å². The zero-order valence-corrected chi connectivity index (χ0v) is 14.7. The molecular weight excluding hydrogens is 320 g/mol. The van der Waals surface area contributed by atoms with Crippen molar-refractivity contribution in [1.82, 2.24) is 15.1 Å². The van der Waals surface area contributed by atoms with E-state index in [1.54, 1.807) is 9.80 Å². The molecule has 3 amide bonds. The molecule has 134 valence electrons. The Kier molecular flexibility index (Phi) is 4.92. The molecule has 25 heavy (non-hydrogen) atoms. The highest BCUT2D eigenvalue weighted by atomic mass is 16.2. The maximum atomic E-state index is 12.7. The summed E-state index contributed by atoms with van der Waals surface area (Å²) in [5.41, 5.74) is 1.64. The van der Waals surface area contributed by atoms with Crippen molar-refractivity contribution in [3.05, 3.63) is 29.8 Å². The van der Waals surface area contributed by atoms with Gasteiger partial charge in [0.15, 0.2) is 0 Å². The highest BCUT2D eigenvalue weighted by Crippen LogP contribution is 2.17. The van der Waals surface area contributed by atoms with Crippen LogP contribution in [0.15, 0.2) is 24.3 Å². The molecule has 0 radical (unpaired) electrons. The molecular formula is C18H24N4O3. The molecule has 1 aromatic rings. The zero-order chi connectivity index (χ0) is 18.0. The van der Waals surface area contributed by atoms with Crippen molar-refractivity contribution >= 4 is 23.4 Å². The highest BCUT2D eigenvalue weighted by molar-refractivity contribution is 5.95. The summed E-state index contributed by atoms with van der Waals surface area (Å²) in [5.74, 6) is -0.106. The molecule has 1 atom stereocenters. The fraction of sp³-hybridized carbons (Fsp3) is 0.500. The molecule has 1 unspecified atom stereocenters. The summed E-state index contributed by atoms with van der Waals surface area (Å²) in [6, 6.07) is 7.15. The van der Waals surface area contributed by atoms with Crippen LogP contribution < -0.4 is 10.2 Å². The molecule has 7 nitrogen and oxygen atoms in total. The number of carbonyl (C=O) groups excluding carboxylic acids is 3. The van der Waals surface area contributed by atoms with Crippen molar-refractivity contribution in [2.24, 2.45) is 0 Å². The molecule has 0 spiro atoms. The normalized spacial score (nSPS) is 20.4. The van der Waals surface area contributed by atoms with Gasteiger partial charge in [0.2, 0.25) is 11.8 Å². The van der Waals surface area contributed by atoms with Crippen molar-refractivity contribution in [2.45, 2.75) is 18.9 Å². The van der Waals surface area contributed by atoms with E-state index >= 15 is 0 Å². The Hall–Kier alpha value is -2.57. The summed E-state index contributed by atoms with van der Waals surface area (Å²) in [4.78, 5) is 41.9. The Labute approximate surface area is 147 Å². The number of nitrogens with one attached hydrogen (secondary N) is 1. The summed E-state index contributed by atoms with van der Waals surface area (Å²) in [7, 11) is 3.88. The van der Waals surface area contributed by atoms with Gasteiger partial charge >= 0.3 is 0 Å². The van der Waals surface area contributed by atoms with Crippen molar-refractivity contribution in [1.29, 1.82) is 0 Å². The van der Waals surface area contributed by atoms with E-state index in [4.69, 9.17) is 0 Å². The van der Waals surface area contributed by atoms with Crippen molar-refractivity contribution < 1.29 is 14.4 Å². The van der Waals surface area contributed by atoms with Crippen LogP contribution in [0.1, 0.15) is 23.2 Å². The fourth-order valence-corrected chi connectivity index (χ4v) is 3.25. The molecule has 1 N–H and O–H groups in total. The van der Waals surface area contributed by atoms with Crippen molar-refractivity contribution in [3.63, 3.8) is 0 Å². The van der Waals surface area contributed by atoms with Gasteiger partial charge in [-0.1, -0.05) is 6.07 Å². The molecule has 2 aliphatic heterocycles. The Morgan fingerprint density at radius 1 is 1.12 bits per heavy atom. The summed E-state index contributed by atoms with van der Waals surface area (Å²) in [6.07, 6.45) is 0.977. The van der Waals surface area contributed by atoms with Crippen LogP contribution in [0.5, 0.6) is 0 Å². The number of nitrogens with zero attached hydrogens (tertiary/aromatic N) is 3. The van der Waals surface area contributed by atoms with Crippen LogP contribution >= 0.6 is 0 Å². The quantitative estimate of drug-likeness (QED) is 0.857. The molecule has 0 aromatic heterocycles. The Balaban J connectivity index is 1.58. The van der Waals surface area contributed by atoms with Gasteiger partial charge < -0.3 is 20.0 Å². The molecule has 1 aromatic carbocycles. The van der Waals surface area contributed by atoms with E-state index in [1.807, 2.05) is 43.3 Å². The minimum absolute atomic E-state index is 0.00929. The van der Waals surface area contributed by atoms with Crippen LogP contribution in [-0.2, 0) is 9.59 Å². The molecule has 2 fully saturated rings. The lowest BCUT2D eigenvalue weighted by Crippen LogP contribution is -2.54. The second-order valence-corrected chi connectivity index (χ2v) is 6.72. The van der Waals surface area contributed by atoms with E-state index in [-0.39, 0.29) is 17.7 Å². The van der Waals surface area contributed by atoms with Crippen molar-refractivity contribution in [2.75, 3.05) is 45.2 Å². The van der Waals surface area contributed by atoms with Gasteiger partial charge in [-0.3, -0.25) is 14.4 Å². The minimum Gasteiger partial charge on any atom is -0.378 e. The van der Waals surface area contributed by atoms with E-state index in [2.05, 4.69) is 5.32 Å². The molecule has 7 heteroatoms. The molecule has 0 aliphatic carbocycles. The molecule has 3 rings (SSSR count). The molecule has 2 aliphatic rings. The standard InChI is InChI=1S/C18H24N4O3/c1-20(2)14-5-3-4-13(12-14)17(24)21-8-10-22(11-9-21)18(25)15-6-7-16(23)19-15/h3-5,12,15H,6-11H2,1-2H3,(H,19,23). The predicted molar refractivity (Wildman–Crippen MR) is 94.4 cm³/mol. The van der Waals surface area contributed by atoms with Gasteiger partial charge in [0, 0.05) is 57.9 Å². The van der Waals surface area contributed by atoms with Gasteiger partial charge in [0.1, 0.15) is 6.04 Å². The molecule has 2 heterocycles. The van der Waals surface area contributed by atoms with Crippen LogP contribution in [0.4, 0.5) is 5.69 Å². The SMILES string of the molecule is CN(C)c1cccc(C(=O)N2CCN(C(=O)C3CCC(=O)N3)CC2)c1. The van der Waals surface area contributed by atoms with Crippen molar-refractivity contribution in [3.8, 4) is 0 Å². The van der Waals surface area contributed by atoms with Gasteiger partial charge in [0.05, 0.1) is 0 Å². The third kappa shape index (κ3) is 3.75. The van der Waals surface area contributed by atoms with Gasteiger partial charge in [-0.2, -0.15) is 0 Å². The van der Waals surface area contributed by atoms with E-state index < -0.39 is 6.04 Å². The third-order valence-electron chi connectivity index (χ3n) is 4.78. The zero-order valence-electron chi connectivity index (χ0n) is 14.7. The average molecular weight is 344 g/mol. The number of anilines is 1. The van der Waals surface area contributed by atoms with E-state index in [0.717, 1.165) is 5.69 Å². The van der Waals surface area contributed by atoms with Gasteiger partial charge in [-0.25, -0.2) is 0 Å².